The number of amides is 1. The first-order valence-electron chi connectivity index (χ1n) is 11.0. The highest BCUT2D eigenvalue weighted by atomic mass is 35.5. The minimum Gasteiger partial charge on any atom is -0.484 e. The van der Waals surface area contributed by atoms with Crippen molar-refractivity contribution in [1.29, 1.82) is 5.41 Å². The highest BCUT2D eigenvalue weighted by Crippen LogP contribution is 2.31. The van der Waals surface area contributed by atoms with Gasteiger partial charge in [-0.25, -0.2) is 4.39 Å². The molecule has 0 fully saturated rings. The first-order chi connectivity index (χ1) is 16.1. The first-order valence-corrected chi connectivity index (χ1v) is 11.3. The van der Waals surface area contributed by atoms with E-state index in [-0.39, 0.29) is 17.8 Å². The maximum Gasteiger partial charge on any atom is 0.225 e. The van der Waals surface area contributed by atoms with Crippen molar-refractivity contribution in [1.82, 2.24) is 5.32 Å². The van der Waals surface area contributed by atoms with Gasteiger partial charge in [-0.05, 0) is 67.1 Å². The minimum atomic E-state index is -0.547. The second-order valence-corrected chi connectivity index (χ2v) is 9.57. The Morgan fingerprint density at radius 3 is 2.41 bits per heavy atom. The number of nitrogens with one attached hydrogen (secondary N) is 3. The molecule has 3 aromatic carbocycles. The number of rotatable bonds is 8. The topological polar surface area (TPSA) is 74.2 Å². The van der Waals surface area contributed by atoms with Crippen molar-refractivity contribution >= 4 is 35.1 Å². The van der Waals surface area contributed by atoms with Crippen LogP contribution in [0.1, 0.15) is 44.9 Å². The molecule has 0 aliphatic rings. The lowest BCUT2D eigenvalue weighted by molar-refractivity contribution is -0.129. The van der Waals surface area contributed by atoms with E-state index in [4.69, 9.17) is 21.7 Å². The number of benzene rings is 3. The second kappa shape index (κ2) is 10.7. The highest BCUT2D eigenvalue weighted by molar-refractivity contribution is 6.30. The van der Waals surface area contributed by atoms with Gasteiger partial charge in [0, 0.05) is 33.6 Å². The summed E-state index contributed by atoms with van der Waals surface area (Å²) in [5.41, 5.74) is 2.25. The molecule has 0 heterocycles. The molecule has 178 valence electrons. The largest absolute Gasteiger partial charge is 0.484 e. The number of hydrogen-bond acceptors (Lipinski definition) is 4. The van der Waals surface area contributed by atoms with E-state index in [9.17, 15) is 9.18 Å². The Morgan fingerprint density at radius 1 is 1.09 bits per heavy atom. The first kappa shape index (κ1) is 25.2. The summed E-state index contributed by atoms with van der Waals surface area (Å²) in [5, 5.41) is 14.6. The summed E-state index contributed by atoms with van der Waals surface area (Å²) < 4.78 is 19.5. The molecule has 34 heavy (non-hydrogen) atoms. The van der Waals surface area contributed by atoms with Gasteiger partial charge in [0.05, 0.1) is 6.04 Å². The molecule has 5 nitrogen and oxygen atoms in total. The smallest absolute Gasteiger partial charge is 0.225 e. The van der Waals surface area contributed by atoms with Crippen LogP contribution in [0.2, 0.25) is 5.02 Å². The van der Waals surface area contributed by atoms with E-state index >= 15 is 0 Å². The molecule has 0 bridgehead atoms. The Balaban J connectivity index is 1.88. The van der Waals surface area contributed by atoms with Gasteiger partial charge in [0.2, 0.25) is 5.91 Å². The van der Waals surface area contributed by atoms with Crippen molar-refractivity contribution in [2.45, 2.75) is 39.8 Å². The van der Waals surface area contributed by atoms with Crippen LogP contribution < -0.4 is 15.4 Å². The van der Waals surface area contributed by atoms with Gasteiger partial charge in [-0.3, -0.25) is 4.79 Å². The molecule has 3 rings (SSSR count). The fourth-order valence-corrected chi connectivity index (χ4v) is 3.52. The van der Waals surface area contributed by atoms with E-state index in [0.29, 0.717) is 27.7 Å². The molecule has 0 radical (unpaired) electrons. The van der Waals surface area contributed by atoms with Crippen LogP contribution >= 0.6 is 11.6 Å². The Hall–Kier alpha value is -3.38. The summed E-state index contributed by atoms with van der Waals surface area (Å²) in [6, 6.07) is 18.3. The van der Waals surface area contributed by atoms with E-state index in [1.54, 1.807) is 36.4 Å². The van der Waals surface area contributed by atoms with Gasteiger partial charge < -0.3 is 20.8 Å². The Morgan fingerprint density at radius 2 is 1.79 bits per heavy atom. The van der Waals surface area contributed by atoms with Gasteiger partial charge in [-0.2, -0.15) is 0 Å². The summed E-state index contributed by atoms with van der Waals surface area (Å²) >= 11 is 6.23. The molecule has 0 saturated heterocycles. The average Bonchev–Trinajstić information content (AvgIpc) is 2.79. The molecule has 0 saturated carbocycles. The van der Waals surface area contributed by atoms with E-state index < -0.39 is 11.5 Å². The lowest BCUT2D eigenvalue weighted by Gasteiger charge is -2.29. The van der Waals surface area contributed by atoms with Gasteiger partial charge in [-0.15, -0.1) is 0 Å². The zero-order valence-electron chi connectivity index (χ0n) is 19.7. The number of carbonyl (C=O) groups excluding carboxylic acids is 1. The molecule has 3 aromatic rings. The van der Waals surface area contributed by atoms with Crippen LogP contribution in [-0.2, 0) is 4.79 Å². The second-order valence-electron chi connectivity index (χ2n) is 9.13. The number of carbonyl (C=O) groups is 1. The molecule has 1 amide bonds. The third-order valence-corrected chi connectivity index (χ3v) is 5.47. The van der Waals surface area contributed by atoms with Crippen molar-refractivity contribution in [3.63, 3.8) is 0 Å². The molecule has 3 N–H and O–H groups in total. The number of hydrogen-bond donors (Lipinski definition) is 3. The fraction of sp³-hybridized carbons (Fsp3) is 0.259. The normalized spacial score (nSPS) is 13.0. The molecule has 0 aliphatic carbocycles. The van der Waals surface area contributed by atoms with Gasteiger partial charge >= 0.3 is 0 Å². The van der Waals surface area contributed by atoms with E-state index in [2.05, 4.69) is 10.6 Å². The number of ether oxygens (including phenoxy) is 1. The van der Waals surface area contributed by atoms with Crippen LogP contribution in [0.3, 0.4) is 0 Å². The number of anilines is 2. The molecule has 2 atom stereocenters. The molecule has 7 heteroatoms. The predicted octanol–water partition coefficient (Wildman–Crippen LogP) is 6.89. The van der Waals surface area contributed by atoms with Crippen molar-refractivity contribution in [2.75, 3.05) is 5.32 Å². The number of halogens is 2. The van der Waals surface area contributed by atoms with Crippen LogP contribution in [0.5, 0.6) is 5.75 Å². The average molecular weight is 482 g/mol. The van der Waals surface area contributed by atoms with Gasteiger partial charge in [-0.1, -0.05) is 44.5 Å². The molecular formula is C27H29ClFN3O2. The van der Waals surface area contributed by atoms with Gasteiger partial charge in [0.1, 0.15) is 17.7 Å². The summed E-state index contributed by atoms with van der Waals surface area (Å²) in [7, 11) is 0. The lowest BCUT2D eigenvalue weighted by Crippen LogP contribution is -2.44. The Bertz CT molecular complexity index is 1160. The summed E-state index contributed by atoms with van der Waals surface area (Å²) in [4.78, 5) is 12.6. The van der Waals surface area contributed by atoms with E-state index in [0.717, 1.165) is 5.56 Å². The Labute approximate surface area is 204 Å². The van der Waals surface area contributed by atoms with E-state index in [1.165, 1.54) is 18.3 Å². The zero-order chi connectivity index (χ0) is 24.9. The van der Waals surface area contributed by atoms with Crippen LogP contribution in [0.4, 0.5) is 15.8 Å². The molecule has 0 aromatic heterocycles. The molecule has 0 spiro atoms. The van der Waals surface area contributed by atoms with Gasteiger partial charge in [0.25, 0.3) is 0 Å². The zero-order valence-corrected chi connectivity index (χ0v) is 20.4. The standard InChI is InChI=1S/C27H29ClFN3O2/c1-17(31-26(33)27(2,3)4)25(18-6-5-7-20(28)14-18)34-23-12-13-24(19(15-23)16-30)32-22-10-8-21(29)9-11-22/h5-17,25,30,32H,1-4H3,(H,31,33)/t17?,25-/m0/s1. The quantitative estimate of drug-likeness (QED) is 0.306. The third kappa shape index (κ3) is 6.58. The fourth-order valence-electron chi connectivity index (χ4n) is 3.32. The van der Waals surface area contributed by atoms with E-state index in [1.807, 2.05) is 45.9 Å². The highest BCUT2D eigenvalue weighted by Gasteiger charge is 2.28. The third-order valence-electron chi connectivity index (χ3n) is 5.24. The molecule has 1 unspecified atom stereocenters. The lowest BCUT2D eigenvalue weighted by atomic mass is 9.94. The van der Waals surface area contributed by atoms with Crippen molar-refractivity contribution in [3.05, 3.63) is 88.7 Å². The summed E-state index contributed by atoms with van der Waals surface area (Å²) in [5.74, 6) is 0.126. The summed E-state index contributed by atoms with van der Waals surface area (Å²) in [6.45, 7) is 7.45. The molecule has 0 aliphatic heterocycles. The monoisotopic (exact) mass is 481 g/mol. The summed E-state index contributed by atoms with van der Waals surface area (Å²) in [6.07, 6.45) is 0.706. The van der Waals surface area contributed by atoms with Crippen molar-refractivity contribution in [3.8, 4) is 5.75 Å². The predicted molar refractivity (Wildman–Crippen MR) is 136 cm³/mol. The SMILES string of the molecule is CC(NC(=O)C(C)(C)C)[C@H](Oc1ccc(Nc2ccc(F)cc2)c(C=N)c1)c1cccc(Cl)c1. The van der Waals surface area contributed by atoms with Crippen LogP contribution in [-0.4, -0.2) is 18.2 Å². The van der Waals surface area contributed by atoms with Crippen molar-refractivity contribution in [2.24, 2.45) is 5.41 Å². The van der Waals surface area contributed by atoms with Crippen molar-refractivity contribution < 1.29 is 13.9 Å². The minimum absolute atomic E-state index is 0.0883. The van der Waals surface area contributed by atoms with Crippen LogP contribution in [0.25, 0.3) is 0 Å². The Kier molecular flexibility index (Phi) is 7.94. The molecular weight excluding hydrogens is 453 g/mol. The maximum atomic E-state index is 13.2. The van der Waals surface area contributed by atoms with Crippen LogP contribution in [0, 0.1) is 16.6 Å². The van der Waals surface area contributed by atoms with Gasteiger partial charge in [0.15, 0.2) is 0 Å². The maximum absolute atomic E-state index is 13.2. The van der Waals surface area contributed by atoms with Crippen LogP contribution in [0.15, 0.2) is 66.7 Å².